The minimum atomic E-state index is -0.650. The highest BCUT2D eigenvalue weighted by atomic mass is 35.5. The summed E-state index contributed by atoms with van der Waals surface area (Å²) in [5.41, 5.74) is 1.82. The minimum Gasteiger partial charge on any atom is -0.493 e. The molecule has 1 aromatic heterocycles. The topological polar surface area (TPSA) is 106 Å². The molecule has 0 aliphatic heterocycles. The van der Waals surface area contributed by atoms with Gasteiger partial charge in [-0.15, -0.1) is 0 Å². The second-order valence-corrected chi connectivity index (χ2v) is 6.64. The largest absolute Gasteiger partial charge is 0.493 e. The number of carbonyl (C=O) groups excluding carboxylic acids is 1. The second kappa shape index (κ2) is 9.80. The van der Waals surface area contributed by atoms with Crippen LogP contribution in [0.2, 0.25) is 5.02 Å². The second-order valence-electron chi connectivity index (χ2n) is 6.23. The molecule has 0 spiro atoms. The predicted molar refractivity (Wildman–Crippen MR) is 114 cm³/mol. The average Bonchev–Trinajstić information content (AvgIpc) is 3.17. The standard InChI is InChI=1S/C21H20ClN3O5/c1-3-9-29-19-16(22)10-13(11-17(19)28-2)7-8-18(26)23-15-6-4-5-14(12-15)20-24-21(27)30-25-20/h4-8,10-12H,3,9H2,1-2H3,(H,23,26)(H,24,25,27)/b8-7+. The number of H-pyrrole nitrogens is 1. The molecule has 0 fully saturated rings. The zero-order valence-electron chi connectivity index (χ0n) is 16.4. The fourth-order valence-electron chi connectivity index (χ4n) is 2.63. The number of ether oxygens (including phenoxy) is 2. The van der Waals surface area contributed by atoms with E-state index in [2.05, 4.69) is 20.0 Å². The molecule has 0 radical (unpaired) electrons. The SMILES string of the molecule is CCCOc1c(Cl)cc(/C=C/C(=O)Nc2cccc(-c3noc(=O)[nH]3)c2)cc1OC. The van der Waals surface area contributed by atoms with E-state index in [1.54, 1.807) is 42.5 Å². The van der Waals surface area contributed by atoms with Crippen molar-refractivity contribution in [3.8, 4) is 22.9 Å². The van der Waals surface area contributed by atoms with Gasteiger partial charge in [0.15, 0.2) is 17.3 Å². The number of hydrogen-bond donors (Lipinski definition) is 2. The van der Waals surface area contributed by atoms with Gasteiger partial charge >= 0.3 is 5.76 Å². The maximum atomic E-state index is 12.3. The van der Waals surface area contributed by atoms with E-state index in [1.165, 1.54) is 13.2 Å². The number of halogens is 1. The van der Waals surface area contributed by atoms with E-state index < -0.39 is 5.76 Å². The monoisotopic (exact) mass is 429 g/mol. The molecule has 0 saturated heterocycles. The maximum absolute atomic E-state index is 12.3. The van der Waals surface area contributed by atoms with Gasteiger partial charge in [-0.25, -0.2) is 4.79 Å². The molecule has 156 valence electrons. The van der Waals surface area contributed by atoms with E-state index in [1.807, 2.05) is 6.92 Å². The van der Waals surface area contributed by atoms with E-state index in [0.29, 0.717) is 39.9 Å². The molecule has 0 aliphatic carbocycles. The number of nitrogens with one attached hydrogen (secondary N) is 2. The summed E-state index contributed by atoms with van der Waals surface area (Å²) < 4.78 is 15.5. The summed E-state index contributed by atoms with van der Waals surface area (Å²) in [6.45, 7) is 2.52. The van der Waals surface area contributed by atoms with E-state index in [9.17, 15) is 9.59 Å². The zero-order valence-corrected chi connectivity index (χ0v) is 17.2. The van der Waals surface area contributed by atoms with Crippen molar-refractivity contribution in [1.82, 2.24) is 10.1 Å². The van der Waals surface area contributed by atoms with Gasteiger partial charge in [0.1, 0.15) is 0 Å². The first kappa shape index (κ1) is 21.2. The van der Waals surface area contributed by atoms with Crippen molar-refractivity contribution in [1.29, 1.82) is 0 Å². The first-order valence-electron chi connectivity index (χ1n) is 9.16. The highest BCUT2D eigenvalue weighted by Crippen LogP contribution is 2.36. The smallest absolute Gasteiger partial charge is 0.439 e. The van der Waals surface area contributed by atoms with E-state index in [0.717, 1.165) is 6.42 Å². The van der Waals surface area contributed by atoms with Gasteiger partial charge in [-0.1, -0.05) is 35.8 Å². The number of hydrogen-bond acceptors (Lipinski definition) is 6. The summed E-state index contributed by atoms with van der Waals surface area (Å²) in [7, 11) is 1.53. The number of aromatic amines is 1. The summed E-state index contributed by atoms with van der Waals surface area (Å²) in [6, 6.07) is 10.3. The van der Waals surface area contributed by atoms with Crippen molar-refractivity contribution >= 4 is 29.3 Å². The Morgan fingerprint density at radius 2 is 2.17 bits per heavy atom. The Labute approximate surface area is 177 Å². The van der Waals surface area contributed by atoms with E-state index >= 15 is 0 Å². The lowest BCUT2D eigenvalue weighted by Crippen LogP contribution is -2.07. The molecule has 30 heavy (non-hydrogen) atoms. The number of anilines is 1. The molecular formula is C21H20ClN3O5. The van der Waals surface area contributed by atoms with Crippen molar-refractivity contribution in [3.63, 3.8) is 0 Å². The maximum Gasteiger partial charge on any atom is 0.439 e. The van der Waals surface area contributed by atoms with Crippen LogP contribution >= 0.6 is 11.6 Å². The summed E-state index contributed by atoms with van der Waals surface area (Å²) >= 11 is 6.29. The van der Waals surface area contributed by atoms with Crippen LogP contribution in [0.4, 0.5) is 5.69 Å². The number of methoxy groups -OCH3 is 1. The average molecular weight is 430 g/mol. The molecule has 2 N–H and O–H groups in total. The minimum absolute atomic E-state index is 0.277. The number of benzene rings is 2. The third-order valence-electron chi connectivity index (χ3n) is 3.97. The van der Waals surface area contributed by atoms with Crippen LogP contribution in [-0.4, -0.2) is 29.8 Å². The van der Waals surface area contributed by atoms with Crippen LogP contribution in [0.15, 0.2) is 51.8 Å². The van der Waals surface area contributed by atoms with Crippen LogP contribution in [0, 0.1) is 0 Å². The number of aromatic nitrogens is 2. The number of nitrogens with zero attached hydrogens (tertiary/aromatic N) is 1. The fourth-order valence-corrected chi connectivity index (χ4v) is 2.91. The van der Waals surface area contributed by atoms with Crippen molar-refractivity contribution in [2.24, 2.45) is 0 Å². The number of rotatable bonds is 8. The zero-order chi connectivity index (χ0) is 21.5. The molecule has 8 nitrogen and oxygen atoms in total. The van der Waals surface area contributed by atoms with Crippen molar-refractivity contribution < 1.29 is 18.8 Å². The molecular weight excluding hydrogens is 410 g/mol. The fraction of sp³-hybridized carbons (Fsp3) is 0.190. The van der Waals surface area contributed by atoms with Crippen molar-refractivity contribution in [2.75, 3.05) is 19.0 Å². The Hall–Kier alpha value is -3.52. The van der Waals surface area contributed by atoms with Crippen LogP contribution in [-0.2, 0) is 4.79 Å². The highest BCUT2D eigenvalue weighted by Gasteiger charge is 2.11. The van der Waals surface area contributed by atoms with Gasteiger partial charge in [0, 0.05) is 17.3 Å². The molecule has 1 heterocycles. The molecule has 0 bridgehead atoms. The van der Waals surface area contributed by atoms with E-state index in [-0.39, 0.29) is 11.7 Å². The molecule has 2 aromatic carbocycles. The molecule has 0 saturated carbocycles. The molecule has 0 aliphatic rings. The van der Waals surface area contributed by atoms with Crippen molar-refractivity contribution in [2.45, 2.75) is 13.3 Å². The molecule has 3 rings (SSSR count). The number of amides is 1. The molecule has 3 aromatic rings. The first-order valence-corrected chi connectivity index (χ1v) is 9.53. The summed E-state index contributed by atoms with van der Waals surface area (Å²) in [5.74, 6) is 0.249. The normalized spacial score (nSPS) is 10.9. The van der Waals surface area contributed by atoms with Gasteiger partial charge in [0.2, 0.25) is 5.91 Å². The Kier molecular flexibility index (Phi) is 6.92. The van der Waals surface area contributed by atoms with Crippen molar-refractivity contribution in [3.05, 3.63) is 63.6 Å². The lowest BCUT2D eigenvalue weighted by Gasteiger charge is -2.12. The van der Waals surface area contributed by atoms with Crippen LogP contribution in [0.1, 0.15) is 18.9 Å². The molecule has 0 atom stereocenters. The van der Waals surface area contributed by atoms with Gasteiger partial charge in [-0.3, -0.25) is 14.3 Å². The molecule has 0 unspecified atom stereocenters. The Morgan fingerprint density at radius 3 is 2.87 bits per heavy atom. The summed E-state index contributed by atoms with van der Waals surface area (Å²) in [5, 5.41) is 6.77. The summed E-state index contributed by atoms with van der Waals surface area (Å²) in [6.07, 6.45) is 3.84. The molecule has 9 heteroatoms. The number of carbonyl (C=O) groups is 1. The quantitative estimate of drug-likeness (QED) is 0.521. The third-order valence-corrected chi connectivity index (χ3v) is 4.25. The first-order chi connectivity index (χ1) is 14.5. The van der Waals surface area contributed by atoms with Crippen LogP contribution in [0.25, 0.3) is 17.5 Å². The van der Waals surface area contributed by atoms with E-state index in [4.69, 9.17) is 21.1 Å². The summed E-state index contributed by atoms with van der Waals surface area (Å²) in [4.78, 5) is 25.9. The Bertz CT molecular complexity index is 1120. The van der Waals surface area contributed by atoms with Crippen LogP contribution in [0.5, 0.6) is 11.5 Å². The third kappa shape index (κ3) is 5.30. The Balaban J connectivity index is 1.72. The Morgan fingerprint density at radius 1 is 1.33 bits per heavy atom. The van der Waals surface area contributed by atoms with Crippen LogP contribution < -0.4 is 20.5 Å². The lowest BCUT2D eigenvalue weighted by atomic mass is 10.1. The predicted octanol–water partition coefficient (Wildman–Crippen LogP) is 4.13. The van der Waals surface area contributed by atoms with Gasteiger partial charge in [-0.05, 0) is 42.3 Å². The van der Waals surface area contributed by atoms with Crippen LogP contribution in [0.3, 0.4) is 0 Å². The highest BCUT2D eigenvalue weighted by molar-refractivity contribution is 6.32. The van der Waals surface area contributed by atoms with Gasteiger partial charge < -0.3 is 14.8 Å². The van der Waals surface area contributed by atoms with Gasteiger partial charge in [0.05, 0.1) is 18.7 Å². The van der Waals surface area contributed by atoms with Gasteiger partial charge in [0.25, 0.3) is 0 Å². The van der Waals surface area contributed by atoms with Gasteiger partial charge in [-0.2, -0.15) is 0 Å². The molecule has 1 amide bonds. The lowest BCUT2D eigenvalue weighted by molar-refractivity contribution is -0.111.